The first-order valence-corrected chi connectivity index (χ1v) is 8.72. The van der Waals surface area contributed by atoms with E-state index in [0.717, 1.165) is 30.9 Å². The second-order valence-corrected chi connectivity index (χ2v) is 7.01. The van der Waals surface area contributed by atoms with Crippen molar-refractivity contribution in [1.82, 2.24) is 14.7 Å². The van der Waals surface area contributed by atoms with Crippen LogP contribution in [0.25, 0.3) is 0 Å². The first kappa shape index (κ1) is 14.7. The molecule has 0 saturated carbocycles. The number of nitrogens with one attached hydrogen (secondary N) is 1. The van der Waals surface area contributed by atoms with E-state index in [1.807, 2.05) is 46.1 Å². The first-order chi connectivity index (χ1) is 12.3. The Morgan fingerprint density at radius 3 is 2.52 bits per heavy atom. The number of benzene rings is 1. The van der Waals surface area contributed by atoms with Crippen LogP contribution in [0.3, 0.4) is 0 Å². The Balaban J connectivity index is 1.20. The highest BCUT2D eigenvalue weighted by molar-refractivity contribution is 5.89. The van der Waals surface area contributed by atoms with Gasteiger partial charge in [0.15, 0.2) is 0 Å². The molecule has 1 aromatic heterocycles. The number of nitrogens with zero attached hydrogens (tertiary/aromatic N) is 3. The summed E-state index contributed by atoms with van der Waals surface area (Å²) in [4.78, 5) is 14.5. The fourth-order valence-electron chi connectivity index (χ4n) is 4.17. The fraction of sp³-hybridized carbons (Fsp3) is 0.368. The van der Waals surface area contributed by atoms with Gasteiger partial charge in [-0.15, -0.1) is 0 Å². The van der Waals surface area contributed by atoms with Crippen LogP contribution in [0.5, 0.6) is 0 Å². The Kier molecular flexibility index (Phi) is 3.38. The molecule has 0 spiro atoms. The van der Waals surface area contributed by atoms with E-state index >= 15 is 0 Å². The van der Waals surface area contributed by atoms with Crippen LogP contribution in [0.4, 0.5) is 10.5 Å². The molecule has 2 amide bonds. The molecular formula is C19H20N4O2. The molecule has 3 aliphatic rings. The Morgan fingerprint density at radius 1 is 1.16 bits per heavy atom. The lowest BCUT2D eigenvalue weighted by Gasteiger charge is -2.19. The van der Waals surface area contributed by atoms with Gasteiger partial charge in [0.2, 0.25) is 0 Å². The summed E-state index contributed by atoms with van der Waals surface area (Å²) in [7, 11) is 0. The lowest BCUT2D eigenvalue weighted by atomic mass is 9.86. The van der Waals surface area contributed by atoms with Gasteiger partial charge in [-0.3, -0.25) is 4.68 Å². The minimum Gasteiger partial charge on any atom is -0.366 e. The van der Waals surface area contributed by atoms with Gasteiger partial charge in [0, 0.05) is 43.0 Å². The Hall–Kier alpha value is -2.60. The van der Waals surface area contributed by atoms with E-state index < -0.39 is 0 Å². The number of aromatic nitrogens is 2. The summed E-state index contributed by atoms with van der Waals surface area (Å²) in [6.45, 7) is 2.28. The molecular weight excluding hydrogens is 316 g/mol. The number of urea groups is 1. The summed E-state index contributed by atoms with van der Waals surface area (Å²) >= 11 is 0. The molecule has 1 N–H and O–H groups in total. The number of rotatable bonds is 3. The van der Waals surface area contributed by atoms with E-state index in [1.54, 1.807) is 6.20 Å². The molecule has 5 rings (SSSR count). The van der Waals surface area contributed by atoms with E-state index in [9.17, 15) is 4.79 Å². The highest BCUT2D eigenvalue weighted by Crippen LogP contribution is 2.43. The molecule has 2 bridgehead atoms. The third kappa shape index (κ3) is 2.62. The van der Waals surface area contributed by atoms with Crippen molar-refractivity contribution in [3.63, 3.8) is 0 Å². The molecule has 3 aliphatic heterocycles. The van der Waals surface area contributed by atoms with Crippen LogP contribution in [0.1, 0.15) is 5.56 Å². The van der Waals surface area contributed by atoms with Crippen molar-refractivity contribution in [1.29, 1.82) is 0 Å². The highest BCUT2D eigenvalue weighted by atomic mass is 16.5. The van der Waals surface area contributed by atoms with E-state index in [0.29, 0.717) is 11.8 Å². The van der Waals surface area contributed by atoms with Gasteiger partial charge >= 0.3 is 6.03 Å². The number of carbonyl (C=O) groups is 1. The largest absolute Gasteiger partial charge is 0.366 e. The first-order valence-electron chi connectivity index (χ1n) is 8.72. The predicted octanol–water partition coefficient (Wildman–Crippen LogP) is 2.35. The van der Waals surface area contributed by atoms with Crippen LogP contribution >= 0.6 is 0 Å². The monoisotopic (exact) mass is 336 g/mol. The summed E-state index contributed by atoms with van der Waals surface area (Å²) in [5, 5.41) is 7.22. The predicted molar refractivity (Wildman–Crippen MR) is 93.1 cm³/mol. The Labute approximate surface area is 146 Å². The molecule has 25 heavy (non-hydrogen) atoms. The second kappa shape index (κ2) is 5.74. The highest BCUT2D eigenvalue weighted by Gasteiger charge is 2.51. The zero-order valence-corrected chi connectivity index (χ0v) is 13.8. The van der Waals surface area contributed by atoms with Crippen LogP contribution in [0, 0.1) is 11.8 Å². The van der Waals surface area contributed by atoms with Crippen molar-refractivity contribution >= 4 is 11.7 Å². The lowest BCUT2D eigenvalue weighted by molar-refractivity contribution is 0.0892. The average molecular weight is 336 g/mol. The molecule has 4 atom stereocenters. The van der Waals surface area contributed by atoms with Crippen LogP contribution in [0.15, 0.2) is 54.9 Å². The van der Waals surface area contributed by atoms with E-state index in [2.05, 4.69) is 22.6 Å². The smallest absolute Gasteiger partial charge is 0.321 e. The van der Waals surface area contributed by atoms with Crippen LogP contribution in [0.2, 0.25) is 0 Å². The molecule has 6 nitrogen and oxygen atoms in total. The zero-order chi connectivity index (χ0) is 16.8. The van der Waals surface area contributed by atoms with Gasteiger partial charge in [-0.25, -0.2) is 4.79 Å². The molecule has 0 radical (unpaired) electrons. The molecule has 128 valence electrons. The molecule has 6 heteroatoms. The molecule has 2 saturated heterocycles. The zero-order valence-electron chi connectivity index (χ0n) is 13.8. The summed E-state index contributed by atoms with van der Waals surface area (Å²) in [6, 6.07) is 9.83. The average Bonchev–Trinajstić information content (AvgIpc) is 3.39. The fourth-order valence-corrected chi connectivity index (χ4v) is 4.17. The van der Waals surface area contributed by atoms with Crippen molar-refractivity contribution in [2.24, 2.45) is 11.8 Å². The molecule has 4 heterocycles. The van der Waals surface area contributed by atoms with Crippen molar-refractivity contribution in [2.75, 3.05) is 18.4 Å². The van der Waals surface area contributed by atoms with Crippen molar-refractivity contribution in [3.8, 4) is 0 Å². The van der Waals surface area contributed by atoms with Gasteiger partial charge in [0.05, 0.1) is 18.8 Å². The number of amides is 2. The Morgan fingerprint density at radius 2 is 1.88 bits per heavy atom. The van der Waals surface area contributed by atoms with Gasteiger partial charge in [0.25, 0.3) is 0 Å². The summed E-state index contributed by atoms with van der Waals surface area (Å²) in [5.74, 6) is 0.911. The number of likely N-dealkylation sites (tertiary alicyclic amines) is 1. The van der Waals surface area contributed by atoms with Gasteiger partial charge in [-0.05, 0) is 23.8 Å². The summed E-state index contributed by atoms with van der Waals surface area (Å²) < 4.78 is 7.74. The van der Waals surface area contributed by atoms with Crippen LogP contribution in [-0.4, -0.2) is 46.0 Å². The van der Waals surface area contributed by atoms with Crippen molar-refractivity contribution < 1.29 is 9.53 Å². The molecule has 0 unspecified atom stereocenters. The second-order valence-electron chi connectivity index (χ2n) is 7.01. The SMILES string of the molecule is O=C(Nc1ccc(Cn2cccn2)cc1)N1C[C@@H]2[C@H](C1)[C@H]1C=C[C@H]2O1. The topological polar surface area (TPSA) is 59.4 Å². The third-order valence-corrected chi connectivity index (χ3v) is 5.46. The summed E-state index contributed by atoms with van der Waals surface area (Å²) in [6.07, 6.45) is 8.40. The van der Waals surface area contributed by atoms with Crippen molar-refractivity contribution in [2.45, 2.75) is 18.8 Å². The maximum atomic E-state index is 12.6. The van der Waals surface area contributed by atoms with Gasteiger partial charge in [0.1, 0.15) is 0 Å². The number of ether oxygens (including phenoxy) is 1. The number of hydrogen-bond donors (Lipinski definition) is 1. The van der Waals surface area contributed by atoms with Gasteiger partial charge in [-0.1, -0.05) is 24.3 Å². The molecule has 0 aliphatic carbocycles. The lowest BCUT2D eigenvalue weighted by Crippen LogP contribution is -2.35. The third-order valence-electron chi connectivity index (χ3n) is 5.46. The standard InChI is InChI=1S/C19H20N4O2/c24-19(22-11-15-16(12-22)18-7-6-17(15)25-18)21-14-4-2-13(3-5-14)10-23-9-1-8-20-23/h1-9,15-18H,10-12H2,(H,21,24)/t15-,16+,17-,18-/m1/s1. The maximum absolute atomic E-state index is 12.6. The number of anilines is 1. The van der Waals surface area contributed by atoms with Crippen molar-refractivity contribution in [3.05, 3.63) is 60.4 Å². The number of carbonyl (C=O) groups excluding carboxylic acids is 1. The maximum Gasteiger partial charge on any atom is 0.321 e. The molecule has 2 aromatic rings. The van der Waals surface area contributed by atoms with Gasteiger partial charge in [-0.2, -0.15) is 5.10 Å². The van der Waals surface area contributed by atoms with E-state index in [1.165, 1.54) is 0 Å². The van der Waals surface area contributed by atoms with Crippen LogP contribution < -0.4 is 5.32 Å². The van der Waals surface area contributed by atoms with Gasteiger partial charge < -0.3 is 15.0 Å². The molecule has 2 fully saturated rings. The summed E-state index contributed by atoms with van der Waals surface area (Å²) in [5.41, 5.74) is 1.97. The van der Waals surface area contributed by atoms with E-state index in [4.69, 9.17) is 4.74 Å². The number of fused-ring (bicyclic) bond motifs is 5. The Bertz CT molecular complexity index is 779. The quantitative estimate of drug-likeness (QED) is 0.876. The number of hydrogen-bond acceptors (Lipinski definition) is 3. The normalized spacial score (nSPS) is 29.2. The molecule has 1 aromatic carbocycles. The minimum atomic E-state index is -0.0198. The van der Waals surface area contributed by atoms with E-state index in [-0.39, 0.29) is 18.2 Å². The minimum absolute atomic E-state index is 0.0198. The van der Waals surface area contributed by atoms with Crippen LogP contribution in [-0.2, 0) is 11.3 Å².